The Balaban J connectivity index is 1.36. The van der Waals surface area contributed by atoms with E-state index in [4.69, 9.17) is 17.0 Å². The number of anilines is 1. The molecule has 4 aromatic carbocycles. The second kappa shape index (κ2) is 9.09. The number of para-hydroxylation sites is 1. The number of methoxy groups -OCH3 is 1. The van der Waals surface area contributed by atoms with Crippen LogP contribution in [0.3, 0.4) is 0 Å². The van der Waals surface area contributed by atoms with Crippen molar-refractivity contribution in [3.05, 3.63) is 84.4 Å². The Kier molecular flexibility index (Phi) is 5.83. The molecule has 0 aliphatic rings. The quantitative estimate of drug-likeness (QED) is 0.215. The number of nitrogens with one attached hydrogen (secondary N) is 2. The van der Waals surface area contributed by atoms with Crippen LogP contribution < -0.4 is 15.4 Å². The van der Waals surface area contributed by atoms with Crippen LogP contribution in [0.2, 0.25) is 0 Å². The van der Waals surface area contributed by atoms with Crippen LogP contribution in [0.4, 0.5) is 5.69 Å². The molecular formula is C26H19N3O3S2. The number of fused-ring (bicyclic) bond motifs is 2. The Morgan fingerprint density at radius 1 is 1.00 bits per heavy atom. The summed E-state index contributed by atoms with van der Waals surface area (Å²) >= 11 is 6.86. The minimum atomic E-state index is -0.384. The van der Waals surface area contributed by atoms with Crippen LogP contribution in [0.5, 0.6) is 11.5 Å². The van der Waals surface area contributed by atoms with Gasteiger partial charge in [0.1, 0.15) is 16.5 Å². The summed E-state index contributed by atoms with van der Waals surface area (Å²) in [7, 11) is 1.53. The molecule has 8 heteroatoms. The Morgan fingerprint density at radius 3 is 2.50 bits per heavy atom. The highest BCUT2D eigenvalue weighted by molar-refractivity contribution is 7.80. The van der Waals surface area contributed by atoms with Crippen molar-refractivity contribution in [2.75, 3.05) is 12.4 Å². The van der Waals surface area contributed by atoms with Crippen molar-refractivity contribution in [3.63, 3.8) is 0 Å². The number of rotatable bonds is 4. The number of thiocarbonyl (C=S) groups is 1. The highest BCUT2D eigenvalue weighted by Crippen LogP contribution is 2.36. The van der Waals surface area contributed by atoms with E-state index in [1.807, 2.05) is 54.6 Å². The summed E-state index contributed by atoms with van der Waals surface area (Å²) in [5, 5.41) is 18.8. The number of amides is 1. The molecule has 0 spiro atoms. The third-order valence-corrected chi connectivity index (χ3v) is 6.59. The molecule has 0 saturated heterocycles. The Labute approximate surface area is 204 Å². The first-order valence-corrected chi connectivity index (χ1v) is 11.6. The molecule has 5 rings (SSSR count). The average Bonchev–Trinajstić information content (AvgIpc) is 3.28. The number of ether oxygens (including phenoxy) is 1. The SMILES string of the molecule is COc1cc2ccccc2cc1C(=O)NC(=S)Nc1ccc(O)c(-c2nc3ccccc3s2)c1. The van der Waals surface area contributed by atoms with Gasteiger partial charge in [0, 0.05) is 5.69 Å². The molecule has 0 aliphatic carbocycles. The molecule has 0 aliphatic heterocycles. The van der Waals surface area contributed by atoms with Gasteiger partial charge >= 0.3 is 0 Å². The highest BCUT2D eigenvalue weighted by atomic mass is 32.1. The van der Waals surface area contributed by atoms with Crippen LogP contribution in [0.1, 0.15) is 10.4 Å². The van der Waals surface area contributed by atoms with Gasteiger partial charge in [-0.3, -0.25) is 10.1 Å². The van der Waals surface area contributed by atoms with E-state index in [-0.39, 0.29) is 16.8 Å². The fraction of sp³-hybridized carbons (Fsp3) is 0.0385. The first kappa shape index (κ1) is 21.8. The molecule has 34 heavy (non-hydrogen) atoms. The van der Waals surface area contributed by atoms with Crippen molar-refractivity contribution in [1.82, 2.24) is 10.3 Å². The van der Waals surface area contributed by atoms with E-state index in [1.165, 1.54) is 18.4 Å². The molecule has 0 atom stereocenters. The maximum absolute atomic E-state index is 12.9. The molecule has 0 radical (unpaired) electrons. The molecular weight excluding hydrogens is 466 g/mol. The summed E-state index contributed by atoms with van der Waals surface area (Å²) in [4.78, 5) is 17.6. The summed E-state index contributed by atoms with van der Waals surface area (Å²) in [6.45, 7) is 0. The summed E-state index contributed by atoms with van der Waals surface area (Å²) < 4.78 is 6.45. The van der Waals surface area contributed by atoms with Gasteiger partial charge in [-0.2, -0.15) is 0 Å². The molecule has 6 nitrogen and oxygen atoms in total. The zero-order valence-electron chi connectivity index (χ0n) is 18.0. The standard InChI is InChI=1S/C26H19N3O3S2/c1-32-22-13-16-7-3-2-6-15(16)12-19(22)24(31)29-26(33)27-17-10-11-21(30)18(14-17)25-28-20-8-4-5-9-23(20)34-25/h2-14,30H,1H3,(H2,27,29,31,33). The maximum Gasteiger partial charge on any atom is 0.261 e. The fourth-order valence-corrected chi connectivity index (χ4v) is 4.87. The minimum Gasteiger partial charge on any atom is -0.507 e. The number of nitrogens with zero attached hydrogens (tertiary/aromatic N) is 1. The van der Waals surface area contributed by atoms with Gasteiger partial charge in [0.05, 0.1) is 28.5 Å². The zero-order valence-corrected chi connectivity index (χ0v) is 19.7. The number of phenols is 1. The van der Waals surface area contributed by atoms with Crippen molar-refractivity contribution >= 4 is 61.3 Å². The lowest BCUT2D eigenvalue weighted by atomic mass is 10.1. The predicted molar refractivity (Wildman–Crippen MR) is 141 cm³/mol. The minimum absolute atomic E-state index is 0.112. The second-order valence-corrected chi connectivity index (χ2v) is 8.97. The third-order valence-electron chi connectivity index (χ3n) is 5.32. The number of aromatic hydroxyl groups is 1. The van der Waals surface area contributed by atoms with Crippen molar-refractivity contribution in [2.45, 2.75) is 0 Å². The van der Waals surface area contributed by atoms with Crippen LogP contribution in [-0.2, 0) is 0 Å². The molecule has 0 unspecified atom stereocenters. The smallest absolute Gasteiger partial charge is 0.261 e. The van der Waals surface area contributed by atoms with Gasteiger partial charge < -0.3 is 15.2 Å². The van der Waals surface area contributed by atoms with Crippen LogP contribution in [0, 0.1) is 0 Å². The molecule has 1 aromatic heterocycles. The van der Waals surface area contributed by atoms with E-state index in [0.717, 1.165) is 21.0 Å². The van der Waals surface area contributed by atoms with Gasteiger partial charge in [0.15, 0.2) is 5.11 Å². The topological polar surface area (TPSA) is 83.5 Å². The molecule has 0 bridgehead atoms. The summed E-state index contributed by atoms with van der Waals surface area (Å²) in [5.41, 5.74) is 2.44. The summed E-state index contributed by atoms with van der Waals surface area (Å²) in [6.07, 6.45) is 0. The zero-order chi connectivity index (χ0) is 23.7. The Bertz CT molecular complexity index is 1530. The first-order valence-electron chi connectivity index (χ1n) is 10.4. The van der Waals surface area contributed by atoms with E-state index in [9.17, 15) is 9.90 Å². The van der Waals surface area contributed by atoms with Gasteiger partial charge in [-0.1, -0.05) is 36.4 Å². The number of hydrogen-bond acceptors (Lipinski definition) is 6. The van der Waals surface area contributed by atoms with E-state index >= 15 is 0 Å². The Hall–Kier alpha value is -4.01. The lowest BCUT2D eigenvalue weighted by molar-refractivity contribution is 0.0975. The van der Waals surface area contributed by atoms with Gasteiger partial charge in [0.25, 0.3) is 5.91 Å². The van der Waals surface area contributed by atoms with Crippen molar-refractivity contribution < 1.29 is 14.6 Å². The largest absolute Gasteiger partial charge is 0.507 e. The molecule has 0 fully saturated rings. The lowest BCUT2D eigenvalue weighted by Gasteiger charge is -2.13. The molecule has 5 aromatic rings. The monoisotopic (exact) mass is 485 g/mol. The number of carbonyl (C=O) groups is 1. The van der Waals surface area contributed by atoms with E-state index in [0.29, 0.717) is 27.6 Å². The van der Waals surface area contributed by atoms with Crippen LogP contribution >= 0.6 is 23.6 Å². The van der Waals surface area contributed by atoms with Gasteiger partial charge in [-0.15, -0.1) is 11.3 Å². The van der Waals surface area contributed by atoms with Gasteiger partial charge in [0.2, 0.25) is 0 Å². The lowest BCUT2D eigenvalue weighted by Crippen LogP contribution is -2.34. The molecule has 1 heterocycles. The maximum atomic E-state index is 12.9. The number of benzene rings is 4. The highest BCUT2D eigenvalue weighted by Gasteiger charge is 2.16. The molecule has 3 N–H and O–H groups in total. The summed E-state index contributed by atoms with van der Waals surface area (Å²) in [6, 6.07) is 24.1. The van der Waals surface area contributed by atoms with E-state index < -0.39 is 0 Å². The number of phenolic OH excluding ortho intramolecular Hbond substituents is 1. The fourth-order valence-electron chi connectivity index (χ4n) is 3.67. The number of aromatic nitrogens is 1. The third kappa shape index (κ3) is 4.28. The van der Waals surface area contributed by atoms with Gasteiger partial charge in [-0.25, -0.2) is 4.98 Å². The van der Waals surface area contributed by atoms with Crippen LogP contribution in [-0.4, -0.2) is 28.2 Å². The van der Waals surface area contributed by atoms with Crippen LogP contribution in [0.15, 0.2) is 78.9 Å². The van der Waals surface area contributed by atoms with E-state index in [2.05, 4.69) is 15.6 Å². The molecule has 1 amide bonds. The first-order chi connectivity index (χ1) is 16.5. The normalized spacial score (nSPS) is 10.9. The molecule has 0 saturated carbocycles. The molecule has 168 valence electrons. The number of carbonyl (C=O) groups excluding carboxylic acids is 1. The predicted octanol–water partition coefficient (Wildman–Crippen LogP) is 5.96. The van der Waals surface area contributed by atoms with Crippen molar-refractivity contribution in [3.8, 4) is 22.1 Å². The Morgan fingerprint density at radius 2 is 1.74 bits per heavy atom. The van der Waals surface area contributed by atoms with E-state index in [1.54, 1.807) is 24.3 Å². The second-order valence-electron chi connectivity index (χ2n) is 7.53. The average molecular weight is 486 g/mol. The number of hydrogen-bond donors (Lipinski definition) is 3. The number of thiazole rings is 1. The van der Waals surface area contributed by atoms with Crippen molar-refractivity contribution in [2.24, 2.45) is 0 Å². The summed E-state index contributed by atoms with van der Waals surface area (Å²) in [5.74, 6) is 0.187. The van der Waals surface area contributed by atoms with Gasteiger partial charge in [-0.05, 0) is 65.5 Å². The van der Waals surface area contributed by atoms with Crippen molar-refractivity contribution in [1.29, 1.82) is 0 Å². The van der Waals surface area contributed by atoms with Crippen LogP contribution in [0.25, 0.3) is 31.6 Å².